The zero-order valence-corrected chi connectivity index (χ0v) is 10.1. The Bertz CT molecular complexity index is 363. The molecule has 2 rings (SSSR count). The molecule has 3 heteroatoms. The number of carbonyl (C=O) groups excluding carboxylic acids is 1. The summed E-state index contributed by atoms with van der Waals surface area (Å²) in [6, 6.07) is 1.97. The van der Waals surface area contributed by atoms with E-state index in [1.165, 1.54) is 0 Å². The van der Waals surface area contributed by atoms with E-state index in [4.69, 9.17) is 0 Å². The van der Waals surface area contributed by atoms with Crippen molar-refractivity contribution in [3.05, 3.63) is 21.9 Å². The molecule has 0 spiro atoms. The molecule has 1 aromatic heterocycles. The second-order valence-corrected chi connectivity index (χ2v) is 5.40. The van der Waals surface area contributed by atoms with Gasteiger partial charge in [-0.15, -0.1) is 11.3 Å². The minimum atomic E-state index is -0.133. The number of rotatable bonds is 3. The molecule has 1 aliphatic rings. The van der Waals surface area contributed by atoms with E-state index in [9.17, 15) is 4.79 Å². The predicted octanol–water partition coefficient (Wildman–Crippen LogP) is 2.63. The average molecular weight is 223 g/mol. The molecule has 1 atom stereocenters. The Balaban J connectivity index is 2.30. The van der Waals surface area contributed by atoms with Gasteiger partial charge in [-0.2, -0.15) is 0 Å². The second-order valence-electron chi connectivity index (χ2n) is 4.28. The van der Waals surface area contributed by atoms with E-state index >= 15 is 0 Å². The third kappa shape index (κ3) is 1.74. The highest BCUT2D eigenvalue weighted by Crippen LogP contribution is 2.35. The molecule has 1 aromatic rings. The van der Waals surface area contributed by atoms with Gasteiger partial charge in [0, 0.05) is 22.4 Å². The summed E-state index contributed by atoms with van der Waals surface area (Å²) < 4.78 is 0. The minimum Gasteiger partial charge on any atom is -0.316 e. The second kappa shape index (κ2) is 4.06. The van der Waals surface area contributed by atoms with Crippen LogP contribution in [-0.4, -0.2) is 18.9 Å². The lowest BCUT2D eigenvalue weighted by Gasteiger charge is -2.24. The number of Topliss-reactive ketones (excluding diaryl/α,β-unsaturated/α-hetero) is 1. The normalized spacial score (nSPS) is 25.7. The number of carbonyl (C=O) groups is 1. The number of aryl methyl sites for hydroxylation is 1. The van der Waals surface area contributed by atoms with Gasteiger partial charge >= 0.3 is 0 Å². The van der Waals surface area contributed by atoms with Gasteiger partial charge in [0.25, 0.3) is 0 Å². The Morgan fingerprint density at radius 2 is 2.47 bits per heavy atom. The van der Waals surface area contributed by atoms with E-state index < -0.39 is 0 Å². The van der Waals surface area contributed by atoms with E-state index in [0.717, 1.165) is 36.4 Å². The lowest BCUT2D eigenvalue weighted by Crippen LogP contribution is -2.33. The van der Waals surface area contributed by atoms with Crippen molar-refractivity contribution in [3.8, 4) is 0 Å². The first kappa shape index (κ1) is 10.8. The van der Waals surface area contributed by atoms with Crippen molar-refractivity contribution in [2.24, 2.45) is 5.41 Å². The van der Waals surface area contributed by atoms with Crippen LogP contribution in [0.1, 0.15) is 35.0 Å². The Kier molecular flexibility index (Phi) is 2.94. The Hall–Kier alpha value is -0.670. The molecule has 0 aliphatic carbocycles. The van der Waals surface area contributed by atoms with Crippen LogP contribution in [0.15, 0.2) is 11.4 Å². The smallest absolute Gasteiger partial charge is 0.171 e. The van der Waals surface area contributed by atoms with Gasteiger partial charge in [0.1, 0.15) is 0 Å². The molecule has 1 unspecified atom stereocenters. The number of ketones is 1. The molecule has 0 aromatic carbocycles. The zero-order valence-electron chi connectivity index (χ0n) is 9.30. The van der Waals surface area contributed by atoms with Gasteiger partial charge in [0.2, 0.25) is 0 Å². The van der Waals surface area contributed by atoms with Crippen molar-refractivity contribution in [3.63, 3.8) is 0 Å². The monoisotopic (exact) mass is 223 g/mol. The van der Waals surface area contributed by atoms with Crippen LogP contribution in [0, 0.1) is 12.3 Å². The SMILES string of the molecule is CCC1(C(=O)c2ccsc2C)CCNC1. The standard InChI is InChI=1S/C12H17NOS/c1-3-12(5-6-13-8-12)11(14)10-4-7-15-9(10)2/h4,7,13H,3,5-6,8H2,1-2H3. The minimum absolute atomic E-state index is 0.133. The van der Waals surface area contributed by atoms with Gasteiger partial charge < -0.3 is 5.32 Å². The first-order valence-electron chi connectivity index (χ1n) is 5.49. The van der Waals surface area contributed by atoms with Crippen LogP contribution in [0.25, 0.3) is 0 Å². The summed E-state index contributed by atoms with van der Waals surface area (Å²) in [5.41, 5.74) is 0.803. The van der Waals surface area contributed by atoms with Crippen LogP contribution in [0.3, 0.4) is 0 Å². The van der Waals surface area contributed by atoms with Crippen LogP contribution in [0.4, 0.5) is 0 Å². The molecular formula is C12H17NOS. The number of thiophene rings is 1. The van der Waals surface area contributed by atoms with Gasteiger partial charge in [0.15, 0.2) is 5.78 Å². The molecule has 1 N–H and O–H groups in total. The average Bonchev–Trinajstić information content (AvgIpc) is 2.86. The first-order valence-corrected chi connectivity index (χ1v) is 6.37. The summed E-state index contributed by atoms with van der Waals surface area (Å²) in [5.74, 6) is 0.341. The fourth-order valence-electron chi connectivity index (χ4n) is 2.31. The zero-order chi connectivity index (χ0) is 10.9. The third-order valence-corrected chi connectivity index (χ3v) is 4.35. The summed E-state index contributed by atoms with van der Waals surface area (Å²) in [6.07, 6.45) is 1.92. The van der Waals surface area contributed by atoms with Crippen molar-refractivity contribution >= 4 is 17.1 Å². The van der Waals surface area contributed by atoms with E-state index in [1.807, 2.05) is 18.4 Å². The first-order chi connectivity index (χ1) is 7.19. The summed E-state index contributed by atoms with van der Waals surface area (Å²) in [5, 5.41) is 5.32. The van der Waals surface area contributed by atoms with Crippen LogP contribution >= 0.6 is 11.3 Å². The van der Waals surface area contributed by atoms with Gasteiger partial charge in [-0.25, -0.2) is 0 Å². The number of nitrogens with one attached hydrogen (secondary N) is 1. The van der Waals surface area contributed by atoms with Crippen molar-refractivity contribution in [1.82, 2.24) is 5.32 Å². The number of hydrogen-bond donors (Lipinski definition) is 1. The maximum Gasteiger partial charge on any atom is 0.171 e. The Labute approximate surface area is 94.7 Å². The van der Waals surface area contributed by atoms with Crippen molar-refractivity contribution in [1.29, 1.82) is 0 Å². The molecule has 0 bridgehead atoms. The molecule has 15 heavy (non-hydrogen) atoms. The molecular weight excluding hydrogens is 206 g/mol. The topological polar surface area (TPSA) is 29.1 Å². The molecule has 1 saturated heterocycles. The number of hydrogen-bond acceptors (Lipinski definition) is 3. The van der Waals surface area contributed by atoms with Crippen LogP contribution in [0.5, 0.6) is 0 Å². The Morgan fingerprint density at radius 3 is 2.93 bits per heavy atom. The van der Waals surface area contributed by atoms with Gasteiger partial charge in [0.05, 0.1) is 0 Å². The van der Waals surface area contributed by atoms with Gasteiger partial charge in [-0.3, -0.25) is 4.79 Å². The maximum absolute atomic E-state index is 12.4. The molecule has 0 saturated carbocycles. The van der Waals surface area contributed by atoms with Gasteiger partial charge in [-0.05, 0) is 37.8 Å². The fraction of sp³-hybridized carbons (Fsp3) is 0.583. The Morgan fingerprint density at radius 1 is 1.67 bits per heavy atom. The predicted molar refractivity (Wildman–Crippen MR) is 63.6 cm³/mol. The molecule has 82 valence electrons. The lowest BCUT2D eigenvalue weighted by atomic mass is 9.77. The molecule has 2 nitrogen and oxygen atoms in total. The molecule has 0 radical (unpaired) electrons. The maximum atomic E-state index is 12.4. The third-order valence-electron chi connectivity index (χ3n) is 3.51. The quantitative estimate of drug-likeness (QED) is 0.798. The molecule has 1 aliphatic heterocycles. The summed E-state index contributed by atoms with van der Waals surface area (Å²) in [6.45, 7) is 5.97. The van der Waals surface area contributed by atoms with Crippen molar-refractivity contribution in [2.75, 3.05) is 13.1 Å². The highest BCUT2D eigenvalue weighted by molar-refractivity contribution is 7.10. The molecule has 1 fully saturated rings. The molecule has 2 heterocycles. The largest absolute Gasteiger partial charge is 0.316 e. The summed E-state index contributed by atoms with van der Waals surface area (Å²) in [4.78, 5) is 13.6. The van der Waals surface area contributed by atoms with Crippen LogP contribution < -0.4 is 5.32 Å². The van der Waals surface area contributed by atoms with Crippen molar-refractivity contribution < 1.29 is 4.79 Å². The van der Waals surface area contributed by atoms with Crippen LogP contribution in [-0.2, 0) is 0 Å². The van der Waals surface area contributed by atoms with E-state index in [2.05, 4.69) is 12.2 Å². The highest BCUT2D eigenvalue weighted by atomic mass is 32.1. The van der Waals surface area contributed by atoms with E-state index in [-0.39, 0.29) is 5.41 Å². The van der Waals surface area contributed by atoms with Crippen molar-refractivity contribution in [2.45, 2.75) is 26.7 Å². The molecule has 0 amide bonds. The van der Waals surface area contributed by atoms with E-state index in [0.29, 0.717) is 5.78 Å². The fourth-order valence-corrected chi connectivity index (χ4v) is 3.00. The van der Waals surface area contributed by atoms with E-state index in [1.54, 1.807) is 11.3 Å². The van der Waals surface area contributed by atoms with Crippen LogP contribution in [0.2, 0.25) is 0 Å². The summed E-state index contributed by atoms with van der Waals surface area (Å²) in [7, 11) is 0. The summed E-state index contributed by atoms with van der Waals surface area (Å²) >= 11 is 1.66. The highest BCUT2D eigenvalue weighted by Gasteiger charge is 2.40. The lowest BCUT2D eigenvalue weighted by molar-refractivity contribution is 0.0810. The van der Waals surface area contributed by atoms with Gasteiger partial charge in [-0.1, -0.05) is 6.92 Å².